The van der Waals surface area contributed by atoms with E-state index in [-0.39, 0.29) is 18.4 Å². The summed E-state index contributed by atoms with van der Waals surface area (Å²) in [4.78, 5) is 23.4. The number of rotatable bonds is 4. The number of aliphatic hydroxyl groups is 2. The molecule has 0 aromatic rings. The molecule has 7 heteroatoms. The lowest BCUT2D eigenvalue weighted by molar-refractivity contribution is -0.146. The molecule has 138 valence electrons. The summed E-state index contributed by atoms with van der Waals surface area (Å²) in [5.74, 6) is -2.89. The summed E-state index contributed by atoms with van der Waals surface area (Å²) < 4.78 is 5.60. The smallest absolute Gasteiger partial charge is 0.320 e. The zero-order chi connectivity index (χ0) is 18.5. The fourth-order valence-electron chi connectivity index (χ4n) is 4.53. The molecule has 4 N–H and O–H groups in total. The van der Waals surface area contributed by atoms with Crippen LogP contribution in [-0.2, 0) is 14.3 Å². The van der Waals surface area contributed by atoms with Gasteiger partial charge in [0.2, 0.25) is 0 Å². The minimum absolute atomic E-state index is 0.0652. The Kier molecular flexibility index (Phi) is 4.74. The maximum Gasteiger partial charge on any atom is 0.320 e. The lowest BCUT2D eigenvalue weighted by Crippen LogP contribution is -2.43. The van der Waals surface area contributed by atoms with E-state index in [1.165, 1.54) is 6.92 Å². The van der Waals surface area contributed by atoms with Crippen molar-refractivity contribution < 1.29 is 29.6 Å². The minimum atomic E-state index is -1.01. The average Bonchev–Trinajstić information content (AvgIpc) is 2.98. The van der Waals surface area contributed by atoms with Crippen molar-refractivity contribution in [2.45, 2.75) is 44.1 Å². The predicted octanol–water partition coefficient (Wildman–Crippen LogP) is 0.0809. The number of aliphatic hydroxyl groups excluding tert-OH is 2. The lowest BCUT2D eigenvalue weighted by Gasteiger charge is -2.28. The molecule has 2 saturated carbocycles. The molecule has 1 saturated heterocycles. The van der Waals surface area contributed by atoms with E-state index in [9.17, 15) is 19.8 Å². The maximum absolute atomic E-state index is 12.4. The highest BCUT2D eigenvalue weighted by atomic mass is 16.6. The molecule has 0 spiro atoms. The molecule has 1 aliphatic heterocycles. The third-order valence-electron chi connectivity index (χ3n) is 5.97. The quantitative estimate of drug-likeness (QED) is 0.419. The molecular weight excluding hydrogens is 326 g/mol. The van der Waals surface area contributed by atoms with E-state index < -0.39 is 48.1 Å². The van der Waals surface area contributed by atoms with Crippen LogP contribution in [0.1, 0.15) is 19.8 Å². The molecule has 3 fully saturated rings. The molecule has 1 unspecified atom stereocenters. The first kappa shape index (κ1) is 18.1. The molecule has 2 aliphatic carbocycles. The van der Waals surface area contributed by atoms with Crippen molar-refractivity contribution in [3.05, 3.63) is 24.3 Å². The largest absolute Gasteiger partial charge is 0.480 e. The predicted molar refractivity (Wildman–Crippen MR) is 88.5 cm³/mol. The Hall–Kier alpha value is -1.70. The summed E-state index contributed by atoms with van der Waals surface area (Å²) in [6, 6.07) is -0.805. The third kappa shape index (κ3) is 3.01. The maximum atomic E-state index is 12.4. The van der Waals surface area contributed by atoms with Crippen LogP contribution in [0.2, 0.25) is 0 Å². The highest BCUT2D eigenvalue weighted by Crippen LogP contribution is 2.52. The SMILES string of the molecule is C=C1[C@@H]2[C@H]3OC(=O)[C@@H](CNC(C)C(=O)O)[C@@H]3[C@@H](O)CC(=C)[C@@H]2C[C@@H]1O. The number of aliphatic carboxylic acids is 1. The van der Waals surface area contributed by atoms with E-state index in [2.05, 4.69) is 18.5 Å². The average molecular weight is 351 g/mol. The Morgan fingerprint density at radius 1 is 1.40 bits per heavy atom. The fraction of sp³-hybridized carbons (Fsp3) is 0.667. The molecule has 8 atom stereocenters. The normalized spacial score (nSPS) is 41.7. The van der Waals surface area contributed by atoms with Crippen molar-refractivity contribution in [3.63, 3.8) is 0 Å². The molecule has 0 amide bonds. The van der Waals surface area contributed by atoms with Crippen molar-refractivity contribution >= 4 is 11.9 Å². The van der Waals surface area contributed by atoms with E-state index in [1.807, 2.05) is 0 Å². The summed E-state index contributed by atoms with van der Waals surface area (Å²) in [5, 5.41) is 32.6. The van der Waals surface area contributed by atoms with E-state index in [0.717, 1.165) is 5.57 Å². The fourth-order valence-corrected chi connectivity index (χ4v) is 4.53. The highest BCUT2D eigenvalue weighted by Gasteiger charge is 2.57. The summed E-state index contributed by atoms with van der Waals surface area (Å²) >= 11 is 0. The molecule has 25 heavy (non-hydrogen) atoms. The molecule has 0 bridgehead atoms. The highest BCUT2D eigenvalue weighted by molar-refractivity contribution is 5.76. The van der Waals surface area contributed by atoms with Crippen LogP contribution >= 0.6 is 0 Å². The first-order valence-electron chi connectivity index (χ1n) is 8.61. The monoisotopic (exact) mass is 351 g/mol. The van der Waals surface area contributed by atoms with Gasteiger partial charge in [-0.3, -0.25) is 9.59 Å². The van der Waals surface area contributed by atoms with Crippen LogP contribution in [0.3, 0.4) is 0 Å². The van der Waals surface area contributed by atoms with Crippen molar-refractivity contribution in [2.24, 2.45) is 23.7 Å². The lowest BCUT2D eigenvalue weighted by atomic mass is 9.78. The van der Waals surface area contributed by atoms with Gasteiger partial charge in [-0.15, -0.1) is 0 Å². The molecule has 0 aromatic heterocycles. The summed E-state index contributed by atoms with van der Waals surface area (Å²) in [6.07, 6.45) is -1.21. The number of nitrogens with one attached hydrogen (secondary N) is 1. The van der Waals surface area contributed by atoms with Gasteiger partial charge < -0.3 is 25.4 Å². The van der Waals surface area contributed by atoms with Crippen LogP contribution in [0.15, 0.2) is 24.3 Å². The molecule has 3 rings (SSSR count). The van der Waals surface area contributed by atoms with Crippen molar-refractivity contribution in [1.82, 2.24) is 5.32 Å². The van der Waals surface area contributed by atoms with E-state index in [0.29, 0.717) is 18.4 Å². The number of hydrogen-bond acceptors (Lipinski definition) is 6. The van der Waals surface area contributed by atoms with E-state index in [4.69, 9.17) is 9.84 Å². The van der Waals surface area contributed by atoms with Crippen LogP contribution in [0.4, 0.5) is 0 Å². The number of fused-ring (bicyclic) bond motifs is 3. The Bertz CT molecular complexity index is 617. The molecule has 0 aromatic carbocycles. The van der Waals surface area contributed by atoms with Gasteiger partial charge in [-0.2, -0.15) is 0 Å². The number of esters is 1. The van der Waals surface area contributed by atoms with Gasteiger partial charge in [0.25, 0.3) is 0 Å². The van der Waals surface area contributed by atoms with Crippen LogP contribution in [0.5, 0.6) is 0 Å². The van der Waals surface area contributed by atoms with Crippen LogP contribution < -0.4 is 5.32 Å². The van der Waals surface area contributed by atoms with Gasteiger partial charge >= 0.3 is 11.9 Å². The van der Waals surface area contributed by atoms with Crippen LogP contribution in [0, 0.1) is 23.7 Å². The first-order chi connectivity index (χ1) is 11.7. The van der Waals surface area contributed by atoms with Crippen molar-refractivity contribution in [1.29, 1.82) is 0 Å². The number of hydrogen-bond donors (Lipinski definition) is 4. The number of carboxylic acids is 1. The van der Waals surface area contributed by atoms with Gasteiger partial charge in [0.05, 0.1) is 18.1 Å². The molecule has 3 aliphatic rings. The Labute approximate surface area is 146 Å². The minimum Gasteiger partial charge on any atom is -0.480 e. The molecule has 7 nitrogen and oxygen atoms in total. The zero-order valence-electron chi connectivity index (χ0n) is 14.2. The second kappa shape index (κ2) is 6.55. The Morgan fingerprint density at radius 2 is 2.08 bits per heavy atom. The van der Waals surface area contributed by atoms with Crippen LogP contribution in [0.25, 0.3) is 0 Å². The number of carbonyl (C=O) groups is 2. The third-order valence-corrected chi connectivity index (χ3v) is 5.97. The standard InChI is InChI=1S/C18H25NO6/c1-7-4-13(21)15-11(6-19-9(3)17(22)23)18(24)25-16(15)14-8(2)12(20)5-10(7)14/h9-16,19-21H,1-2,4-6H2,3H3,(H,22,23)/t9?,10-,11-,12-,13-,14-,15+,16+/m0/s1. The van der Waals surface area contributed by atoms with Gasteiger partial charge in [0.1, 0.15) is 12.1 Å². The second-order valence-corrected chi connectivity index (χ2v) is 7.44. The number of ether oxygens (including phenoxy) is 1. The van der Waals surface area contributed by atoms with Gasteiger partial charge in [-0.25, -0.2) is 0 Å². The molecule has 1 heterocycles. The van der Waals surface area contributed by atoms with E-state index in [1.54, 1.807) is 0 Å². The molecular formula is C18H25NO6. The summed E-state index contributed by atoms with van der Waals surface area (Å²) in [7, 11) is 0. The zero-order valence-corrected chi connectivity index (χ0v) is 14.2. The number of carboxylic acid groups (broad SMARTS) is 1. The van der Waals surface area contributed by atoms with Crippen molar-refractivity contribution in [3.8, 4) is 0 Å². The van der Waals surface area contributed by atoms with Gasteiger partial charge in [-0.1, -0.05) is 18.7 Å². The second-order valence-electron chi connectivity index (χ2n) is 7.44. The summed E-state index contributed by atoms with van der Waals surface area (Å²) in [6.45, 7) is 9.64. The Morgan fingerprint density at radius 3 is 2.72 bits per heavy atom. The van der Waals surface area contributed by atoms with Crippen LogP contribution in [-0.4, -0.2) is 58.2 Å². The Balaban J connectivity index is 1.86. The number of carbonyl (C=O) groups excluding carboxylic acids is 1. The first-order valence-corrected chi connectivity index (χ1v) is 8.61. The summed E-state index contributed by atoms with van der Waals surface area (Å²) in [5.41, 5.74) is 1.46. The van der Waals surface area contributed by atoms with Gasteiger partial charge in [-0.05, 0) is 31.3 Å². The van der Waals surface area contributed by atoms with Gasteiger partial charge in [0.15, 0.2) is 0 Å². The topological polar surface area (TPSA) is 116 Å². The van der Waals surface area contributed by atoms with E-state index >= 15 is 0 Å². The van der Waals surface area contributed by atoms with Crippen molar-refractivity contribution in [2.75, 3.05) is 6.54 Å². The van der Waals surface area contributed by atoms with Gasteiger partial charge in [0, 0.05) is 18.4 Å². The molecule has 0 radical (unpaired) electrons.